The third kappa shape index (κ3) is 5.29. The molecule has 1 saturated carbocycles. The van der Waals surface area contributed by atoms with Crippen LogP contribution in [0.15, 0.2) is 103 Å². The number of aromatic hydroxyl groups is 1. The summed E-state index contributed by atoms with van der Waals surface area (Å²) in [5.41, 5.74) is 3.93. The average molecular weight is 753 g/mol. The number of nitrogens with one attached hydrogen (secondary N) is 1. The topological polar surface area (TPSA) is 125 Å². The van der Waals surface area contributed by atoms with Gasteiger partial charge in [-0.2, -0.15) is 5.01 Å². The molecule has 2 N–H and O–H groups in total. The van der Waals surface area contributed by atoms with Crippen LogP contribution in [0.1, 0.15) is 35.4 Å². The highest BCUT2D eigenvalue weighted by atomic mass is 35.5. The second kappa shape index (κ2) is 13.3. The number of fused-ring (bicyclic) bond motifs is 4. The van der Waals surface area contributed by atoms with E-state index in [0.29, 0.717) is 33.2 Å². The predicted molar refractivity (Wildman–Crippen MR) is 197 cm³/mol. The lowest BCUT2D eigenvalue weighted by Crippen LogP contribution is -2.53. The van der Waals surface area contributed by atoms with Crippen molar-refractivity contribution in [2.75, 3.05) is 19.6 Å². The maximum Gasteiger partial charge on any atom is 0.260 e. The summed E-state index contributed by atoms with van der Waals surface area (Å²) in [6.45, 7) is 0.125. The predicted octanol–water partition coefficient (Wildman–Crippen LogP) is 6.90. The van der Waals surface area contributed by atoms with Gasteiger partial charge in [0.15, 0.2) is 0 Å². The Morgan fingerprint density at radius 3 is 2.30 bits per heavy atom. The molecule has 0 bridgehead atoms. The van der Waals surface area contributed by atoms with Gasteiger partial charge in [0.05, 0.1) is 54.6 Å². The number of hydrazine groups is 1. The minimum Gasteiger partial charge on any atom is -0.508 e. The number of halogens is 2. The highest BCUT2D eigenvalue weighted by Gasteiger charge is 2.71. The fourth-order valence-corrected chi connectivity index (χ4v) is 9.60. The van der Waals surface area contributed by atoms with E-state index in [9.17, 15) is 19.5 Å². The van der Waals surface area contributed by atoms with Crippen LogP contribution in [0.3, 0.4) is 0 Å². The Bertz CT molecular complexity index is 2190. The summed E-state index contributed by atoms with van der Waals surface area (Å²) in [5, 5.41) is 13.3. The van der Waals surface area contributed by atoms with Gasteiger partial charge in [0, 0.05) is 16.5 Å². The van der Waals surface area contributed by atoms with Gasteiger partial charge in [0.2, 0.25) is 11.8 Å². The Kier molecular flexibility index (Phi) is 8.70. The number of hydrogen-bond donors (Lipinski definition) is 2. The van der Waals surface area contributed by atoms with E-state index in [1.165, 1.54) is 31.3 Å². The lowest BCUT2D eigenvalue weighted by Gasteiger charge is -2.50. The molecule has 4 aliphatic rings. The van der Waals surface area contributed by atoms with Gasteiger partial charge in [0.1, 0.15) is 17.2 Å². The summed E-state index contributed by atoms with van der Waals surface area (Å²) < 4.78 is 11.3. The first-order valence-electron chi connectivity index (χ1n) is 17.3. The van der Waals surface area contributed by atoms with Crippen LogP contribution in [-0.4, -0.2) is 52.9 Å². The van der Waals surface area contributed by atoms with Crippen LogP contribution in [-0.2, 0) is 31.1 Å². The monoisotopic (exact) mass is 751 g/mol. The minimum absolute atomic E-state index is 0.0841. The van der Waals surface area contributed by atoms with Gasteiger partial charge in [-0.05, 0) is 72.4 Å². The van der Waals surface area contributed by atoms with Crippen molar-refractivity contribution in [2.45, 2.75) is 30.7 Å². The molecule has 0 radical (unpaired) electrons. The number of carbonyl (C=O) groups is 4. The van der Waals surface area contributed by atoms with Crippen molar-refractivity contribution < 1.29 is 33.8 Å². The highest BCUT2D eigenvalue weighted by molar-refractivity contribution is 6.36. The van der Waals surface area contributed by atoms with Gasteiger partial charge in [-0.25, -0.2) is 0 Å². The molecule has 2 aliphatic heterocycles. The van der Waals surface area contributed by atoms with E-state index in [4.69, 9.17) is 32.7 Å². The second-order valence-electron chi connectivity index (χ2n) is 13.9. The van der Waals surface area contributed by atoms with E-state index < -0.39 is 46.8 Å². The van der Waals surface area contributed by atoms with Crippen LogP contribution in [0.4, 0.5) is 5.69 Å². The number of ether oxygens (including phenoxy) is 2. The maximum absolute atomic E-state index is 15.4. The number of rotatable bonds is 8. The van der Waals surface area contributed by atoms with Gasteiger partial charge in [0.25, 0.3) is 11.8 Å². The van der Waals surface area contributed by atoms with Crippen LogP contribution in [0, 0.1) is 23.7 Å². The number of likely N-dealkylation sites (tertiary alicyclic amines) is 1. The Hall–Kier alpha value is -5.32. The molecule has 53 heavy (non-hydrogen) atoms. The number of allylic oxidation sites excluding steroid dienone is 2. The summed E-state index contributed by atoms with van der Waals surface area (Å²) in [5.74, 6) is -5.10. The average Bonchev–Trinajstić information content (AvgIpc) is 3.53. The number of methoxy groups -OCH3 is 2. The molecule has 8 rings (SSSR count). The summed E-state index contributed by atoms with van der Waals surface area (Å²) in [6, 6.07) is 25.8. The molecule has 0 spiro atoms. The highest BCUT2D eigenvalue weighted by Crippen LogP contribution is 2.66. The molecule has 0 unspecified atom stereocenters. The zero-order valence-electron chi connectivity index (χ0n) is 28.8. The molecule has 6 atom stereocenters. The minimum atomic E-state index is -1.65. The van der Waals surface area contributed by atoms with Gasteiger partial charge < -0.3 is 14.6 Å². The molecule has 10 nitrogen and oxygen atoms in total. The number of benzene rings is 4. The van der Waals surface area contributed by atoms with E-state index in [0.717, 1.165) is 10.6 Å². The number of phenolic OH excluding ortho intramolecular Hbond substituents is 1. The van der Waals surface area contributed by atoms with Crippen LogP contribution in [0.25, 0.3) is 0 Å². The number of hydrogen-bond acceptors (Lipinski definition) is 8. The van der Waals surface area contributed by atoms with E-state index in [1.807, 2.05) is 36.4 Å². The first kappa shape index (κ1) is 34.7. The van der Waals surface area contributed by atoms with Crippen molar-refractivity contribution in [1.82, 2.24) is 9.91 Å². The molecule has 3 fully saturated rings. The quantitative estimate of drug-likeness (QED) is 0.147. The number of imide groups is 2. The molecular weight excluding hydrogens is 717 g/mol. The fourth-order valence-electron chi connectivity index (χ4n) is 9.15. The standard InChI is InChI=1S/C41H35Cl2N3O7/c1-52-25-14-11-23(12-15-25)41-29(38(49)46(40(41)51)44-31-18-13-24(42)19-30(31)43)20-28-26(36(41)35-32(47)9-6-10-33(35)53-2)16-17-27-34(28)39(50)45(37(27)48)21-22-7-4-3-5-8-22/h3-16,18-19,27-29,34,36,44,47H,17,20-21H2,1-2H3/t27-,28+,29-,34-,36+,41+/m0/s1. The second-order valence-corrected chi connectivity index (χ2v) is 14.7. The van der Waals surface area contributed by atoms with E-state index in [1.54, 1.807) is 48.5 Å². The number of carbonyl (C=O) groups excluding carboxylic acids is 4. The Labute approximate surface area is 315 Å². The van der Waals surface area contributed by atoms with E-state index in [-0.39, 0.29) is 47.7 Å². The van der Waals surface area contributed by atoms with Crippen molar-refractivity contribution in [2.24, 2.45) is 23.7 Å². The first-order chi connectivity index (χ1) is 25.6. The lowest BCUT2D eigenvalue weighted by molar-refractivity contribution is -0.142. The zero-order valence-corrected chi connectivity index (χ0v) is 30.3. The summed E-state index contributed by atoms with van der Waals surface area (Å²) in [7, 11) is 3.01. The largest absolute Gasteiger partial charge is 0.508 e. The van der Waals surface area contributed by atoms with Gasteiger partial charge in [-0.1, -0.05) is 83.4 Å². The van der Waals surface area contributed by atoms with Gasteiger partial charge in [-0.3, -0.25) is 29.5 Å². The molecular formula is C41H35Cl2N3O7. The first-order valence-corrected chi connectivity index (χ1v) is 18.0. The third-order valence-electron chi connectivity index (χ3n) is 11.4. The Morgan fingerprint density at radius 1 is 0.849 bits per heavy atom. The number of phenols is 1. The van der Waals surface area contributed by atoms with Crippen molar-refractivity contribution in [3.63, 3.8) is 0 Å². The smallest absolute Gasteiger partial charge is 0.260 e. The van der Waals surface area contributed by atoms with E-state index in [2.05, 4.69) is 5.43 Å². The molecule has 2 saturated heterocycles. The van der Waals surface area contributed by atoms with Crippen molar-refractivity contribution >= 4 is 52.5 Å². The zero-order chi connectivity index (χ0) is 37.2. The molecule has 12 heteroatoms. The van der Waals surface area contributed by atoms with Crippen molar-refractivity contribution in [3.8, 4) is 17.2 Å². The van der Waals surface area contributed by atoms with Gasteiger partial charge in [-0.15, -0.1) is 0 Å². The Balaban J connectivity index is 1.33. The molecule has 4 amide bonds. The van der Waals surface area contributed by atoms with Crippen LogP contribution < -0.4 is 14.9 Å². The molecule has 2 aliphatic carbocycles. The normalized spacial score (nSPS) is 26.2. The fraction of sp³-hybridized carbons (Fsp3) is 0.268. The maximum atomic E-state index is 15.4. The lowest BCUT2D eigenvalue weighted by atomic mass is 9.49. The van der Waals surface area contributed by atoms with Crippen LogP contribution in [0.5, 0.6) is 17.2 Å². The molecule has 0 aromatic heterocycles. The third-order valence-corrected chi connectivity index (χ3v) is 12.0. The summed E-state index contributed by atoms with van der Waals surface area (Å²) >= 11 is 12.7. The summed E-state index contributed by atoms with van der Waals surface area (Å²) in [4.78, 5) is 60.1. The molecule has 4 aromatic carbocycles. The van der Waals surface area contributed by atoms with Gasteiger partial charge >= 0.3 is 0 Å². The molecule has 4 aromatic rings. The van der Waals surface area contributed by atoms with Crippen LogP contribution in [0.2, 0.25) is 10.0 Å². The van der Waals surface area contributed by atoms with Crippen LogP contribution >= 0.6 is 23.2 Å². The Morgan fingerprint density at radius 2 is 1.60 bits per heavy atom. The molecule has 270 valence electrons. The summed E-state index contributed by atoms with van der Waals surface area (Å²) in [6.07, 6.45) is 2.26. The van der Waals surface area contributed by atoms with Crippen molar-refractivity contribution in [1.29, 1.82) is 0 Å². The molecule has 2 heterocycles. The van der Waals surface area contributed by atoms with E-state index >= 15 is 4.79 Å². The number of nitrogens with zero attached hydrogens (tertiary/aromatic N) is 2. The number of amides is 4. The van der Waals surface area contributed by atoms with Crippen molar-refractivity contribution in [3.05, 3.63) is 129 Å². The number of anilines is 1. The SMILES string of the molecule is COc1ccc([C@@]23C(=O)N(Nc4ccc(Cl)cc4Cl)C(=O)[C@@H]2C[C@@H]2C(=CC[C@@H]4C(=O)N(Cc5ccccc5)C(=O)[C@@H]42)[C@@H]3c2c(O)cccc2OC)cc1.